The molecule has 114 valence electrons. The lowest BCUT2D eigenvalue weighted by molar-refractivity contribution is -0.124. The van der Waals surface area contributed by atoms with Gasteiger partial charge in [0.05, 0.1) is 5.56 Å². The number of anilines is 1. The molecule has 0 saturated heterocycles. The Morgan fingerprint density at radius 2 is 1.77 bits per heavy atom. The highest BCUT2D eigenvalue weighted by Crippen LogP contribution is 2.07. The van der Waals surface area contributed by atoms with E-state index in [1.54, 1.807) is 30.3 Å². The van der Waals surface area contributed by atoms with Gasteiger partial charge in [-0.05, 0) is 30.3 Å². The highest BCUT2D eigenvalue weighted by molar-refractivity contribution is 5.91. The van der Waals surface area contributed by atoms with Gasteiger partial charge in [0.1, 0.15) is 5.82 Å². The van der Waals surface area contributed by atoms with Gasteiger partial charge in [-0.3, -0.25) is 4.79 Å². The number of benzene rings is 2. The number of halogens is 1. The lowest BCUT2D eigenvalue weighted by atomic mass is 10.2. The number of amides is 1. The van der Waals surface area contributed by atoms with Gasteiger partial charge >= 0.3 is 5.97 Å². The first-order valence-electron chi connectivity index (χ1n) is 6.59. The highest BCUT2D eigenvalue weighted by atomic mass is 19.1. The van der Waals surface area contributed by atoms with E-state index in [0.29, 0.717) is 16.8 Å². The number of carbonyl (C=O) groups is 2. The molecule has 1 amide bonds. The van der Waals surface area contributed by atoms with Crippen LogP contribution in [0.25, 0.3) is 0 Å². The van der Waals surface area contributed by atoms with Crippen molar-refractivity contribution in [3.05, 3.63) is 65.5 Å². The molecule has 0 aromatic heterocycles. The summed E-state index contributed by atoms with van der Waals surface area (Å²) in [7, 11) is 0. The van der Waals surface area contributed by atoms with Crippen LogP contribution >= 0.6 is 0 Å². The van der Waals surface area contributed by atoms with Gasteiger partial charge in [0.15, 0.2) is 6.61 Å². The maximum Gasteiger partial charge on any atom is 0.338 e. The van der Waals surface area contributed by atoms with Crippen LogP contribution < -0.4 is 11.1 Å². The molecule has 0 unspecified atom stereocenters. The maximum absolute atomic E-state index is 13.4. The Hall–Kier alpha value is -2.89. The molecule has 0 aliphatic heterocycles. The van der Waals surface area contributed by atoms with Crippen molar-refractivity contribution in [2.24, 2.45) is 0 Å². The Morgan fingerprint density at radius 1 is 1.09 bits per heavy atom. The summed E-state index contributed by atoms with van der Waals surface area (Å²) in [6.45, 7) is -0.400. The fourth-order valence-corrected chi connectivity index (χ4v) is 1.72. The molecule has 0 aliphatic carbocycles. The molecule has 22 heavy (non-hydrogen) atoms. The third kappa shape index (κ3) is 4.31. The molecule has 2 rings (SSSR count). The van der Waals surface area contributed by atoms with Crippen LogP contribution in [0.3, 0.4) is 0 Å². The maximum atomic E-state index is 13.4. The first-order valence-corrected chi connectivity index (χ1v) is 6.59. The Morgan fingerprint density at radius 3 is 2.45 bits per heavy atom. The van der Waals surface area contributed by atoms with Crippen LogP contribution in [-0.2, 0) is 16.1 Å². The first-order chi connectivity index (χ1) is 10.6. The van der Waals surface area contributed by atoms with Crippen LogP contribution in [0, 0.1) is 5.82 Å². The Labute approximate surface area is 126 Å². The van der Waals surface area contributed by atoms with Gasteiger partial charge in [-0.15, -0.1) is 0 Å². The first kappa shape index (κ1) is 15.5. The Balaban J connectivity index is 1.79. The second-order valence-electron chi connectivity index (χ2n) is 4.57. The van der Waals surface area contributed by atoms with Gasteiger partial charge in [0, 0.05) is 17.8 Å². The number of nitrogens with one attached hydrogen (secondary N) is 1. The van der Waals surface area contributed by atoms with Crippen molar-refractivity contribution < 1.29 is 18.7 Å². The highest BCUT2D eigenvalue weighted by Gasteiger charge is 2.10. The standard InChI is InChI=1S/C16H15FN2O3/c17-14-4-2-1-3-12(14)9-19-15(20)10-22-16(21)11-5-7-13(18)8-6-11/h1-8H,9-10,18H2,(H,19,20). The number of rotatable bonds is 5. The second-order valence-corrected chi connectivity index (χ2v) is 4.57. The van der Waals surface area contributed by atoms with Crippen molar-refractivity contribution in [1.82, 2.24) is 5.32 Å². The van der Waals surface area contributed by atoms with Gasteiger partial charge in [-0.2, -0.15) is 0 Å². The summed E-state index contributed by atoms with van der Waals surface area (Å²) in [6, 6.07) is 12.3. The van der Waals surface area contributed by atoms with Crippen molar-refractivity contribution in [2.45, 2.75) is 6.54 Å². The van der Waals surface area contributed by atoms with Crippen molar-refractivity contribution in [3.63, 3.8) is 0 Å². The number of nitrogen functional groups attached to an aromatic ring is 1. The average molecular weight is 302 g/mol. The minimum atomic E-state index is -0.624. The number of hydrogen-bond acceptors (Lipinski definition) is 4. The molecule has 2 aromatic rings. The number of nitrogens with two attached hydrogens (primary N) is 1. The van der Waals surface area contributed by atoms with E-state index in [-0.39, 0.29) is 6.54 Å². The predicted molar refractivity (Wildman–Crippen MR) is 79.4 cm³/mol. The topological polar surface area (TPSA) is 81.4 Å². The zero-order chi connectivity index (χ0) is 15.9. The van der Waals surface area contributed by atoms with Crippen LogP contribution in [0.1, 0.15) is 15.9 Å². The van der Waals surface area contributed by atoms with Gasteiger partial charge in [-0.1, -0.05) is 18.2 Å². The molecule has 0 aliphatic rings. The minimum absolute atomic E-state index is 0.0327. The van der Waals surface area contributed by atoms with Crippen LogP contribution in [0.2, 0.25) is 0 Å². The van der Waals surface area contributed by atoms with Gasteiger partial charge in [0.2, 0.25) is 0 Å². The number of hydrogen-bond donors (Lipinski definition) is 2. The minimum Gasteiger partial charge on any atom is -0.452 e. The molecular weight excluding hydrogens is 287 g/mol. The van der Waals surface area contributed by atoms with E-state index < -0.39 is 24.3 Å². The van der Waals surface area contributed by atoms with Crippen molar-refractivity contribution in [3.8, 4) is 0 Å². The van der Waals surface area contributed by atoms with E-state index in [9.17, 15) is 14.0 Å². The van der Waals surface area contributed by atoms with E-state index in [0.717, 1.165) is 0 Å². The van der Waals surface area contributed by atoms with Crippen LogP contribution in [0.15, 0.2) is 48.5 Å². The lowest BCUT2D eigenvalue weighted by Gasteiger charge is -2.07. The van der Waals surface area contributed by atoms with Crippen molar-refractivity contribution in [2.75, 3.05) is 12.3 Å². The molecule has 0 bridgehead atoms. The molecule has 0 atom stereocenters. The second kappa shape index (κ2) is 7.21. The molecule has 0 saturated carbocycles. The Kier molecular flexibility index (Phi) is 5.08. The van der Waals surface area contributed by atoms with Gasteiger partial charge < -0.3 is 15.8 Å². The fourth-order valence-electron chi connectivity index (χ4n) is 1.72. The summed E-state index contributed by atoms with van der Waals surface area (Å²) in [5.74, 6) is -1.53. The van der Waals surface area contributed by atoms with Crippen molar-refractivity contribution >= 4 is 17.6 Å². The molecule has 2 aromatic carbocycles. The van der Waals surface area contributed by atoms with Crippen molar-refractivity contribution in [1.29, 1.82) is 0 Å². The quantitative estimate of drug-likeness (QED) is 0.652. The molecule has 0 heterocycles. The molecule has 0 radical (unpaired) electrons. The summed E-state index contributed by atoms with van der Waals surface area (Å²) < 4.78 is 18.2. The normalized spacial score (nSPS) is 10.0. The third-order valence-corrected chi connectivity index (χ3v) is 2.91. The van der Waals surface area contributed by atoms with E-state index in [1.165, 1.54) is 18.2 Å². The SMILES string of the molecule is Nc1ccc(C(=O)OCC(=O)NCc2ccccc2F)cc1. The lowest BCUT2D eigenvalue weighted by Crippen LogP contribution is -2.28. The number of esters is 1. The van der Waals surface area contributed by atoms with Crippen LogP contribution in [-0.4, -0.2) is 18.5 Å². The summed E-state index contributed by atoms with van der Waals surface area (Å²) >= 11 is 0. The van der Waals surface area contributed by atoms with E-state index in [4.69, 9.17) is 10.5 Å². The fraction of sp³-hybridized carbons (Fsp3) is 0.125. The van der Waals surface area contributed by atoms with E-state index >= 15 is 0 Å². The van der Waals surface area contributed by atoms with Gasteiger partial charge in [-0.25, -0.2) is 9.18 Å². The molecule has 0 spiro atoms. The monoisotopic (exact) mass is 302 g/mol. The molecule has 6 heteroatoms. The average Bonchev–Trinajstić information content (AvgIpc) is 2.52. The summed E-state index contributed by atoms with van der Waals surface area (Å²) in [5, 5.41) is 2.48. The van der Waals surface area contributed by atoms with Crippen LogP contribution in [0.5, 0.6) is 0 Å². The largest absolute Gasteiger partial charge is 0.452 e. The summed E-state index contributed by atoms with van der Waals surface area (Å²) in [6.07, 6.45) is 0. The number of carbonyl (C=O) groups excluding carboxylic acids is 2. The third-order valence-electron chi connectivity index (χ3n) is 2.91. The molecule has 0 fully saturated rings. The van der Waals surface area contributed by atoms with Gasteiger partial charge in [0.25, 0.3) is 5.91 Å². The zero-order valence-electron chi connectivity index (χ0n) is 11.7. The molecular formula is C16H15FN2O3. The molecule has 5 nitrogen and oxygen atoms in total. The summed E-state index contributed by atoms with van der Waals surface area (Å²) in [5.41, 5.74) is 6.70. The molecule has 3 N–H and O–H groups in total. The Bertz CT molecular complexity index is 671. The zero-order valence-corrected chi connectivity index (χ0v) is 11.7. The predicted octanol–water partition coefficient (Wildman–Crippen LogP) is 1.88. The van der Waals surface area contributed by atoms with E-state index in [1.807, 2.05) is 0 Å². The van der Waals surface area contributed by atoms with E-state index in [2.05, 4.69) is 5.32 Å². The van der Waals surface area contributed by atoms with Crippen LogP contribution in [0.4, 0.5) is 10.1 Å². The summed E-state index contributed by atoms with van der Waals surface area (Å²) in [4.78, 5) is 23.3. The smallest absolute Gasteiger partial charge is 0.338 e. The number of ether oxygens (including phenoxy) is 1.